The van der Waals surface area contributed by atoms with E-state index in [1.807, 2.05) is 50.5 Å². The van der Waals surface area contributed by atoms with Gasteiger partial charge in [0.25, 0.3) is 0 Å². The van der Waals surface area contributed by atoms with Crippen molar-refractivity contribution >= 4 is 19.0 Å². The van der Waals surface area contributed by atoms with Crippen LogP contribution in [0.5, 0.6) is 0 Å². The third kappa shape index (κ3) is 2.18. The van der Waals surface area contributed by atoms with Gasteiger partial charge in [0.05, 0.1) is 0 Å². The van der Waals surface area contributed by atoms with Crippen LogP contribution in [0.25, 0.3) is 11.5 Å². The Bertz CT molecular complexity index is 773. The molecule has 0 N–H and O–H groups in total. The summed E-state index contributed by atoms with van der Waals surface area (Å²) in [5, 5.41) is 0. The van der Waals surface area contributed by atoms with Crippen LogP contribution in [0.2, 0.25) is 0 Å². The third-order valence-electron chi connectivity index (χ3n) is 5.38. The van der Waals surface area contributed by atoms with Crippen LogP contribution < -0.4 is 0 Å². The van der Waals surface area contributed by atoms with Crippen molar-refractivity contribution in [3.8, 4) is 0 Å². The normalized spacial score (nSPS) is 23.7. The van der Waals surface area contributed by atoms with Crippen molar-refractivity contribution in [1.82, 2.24) is 14.0 Å². The maximum atomic E-state index is 6.90. The summed E-state index contributed by atoms with van der Waals surface area (Å²) in [6, 6.07) is 20.5. The van der Waals surface area contributed by atoms with E-state index in [-0.39, 0.29) is 0 Å². The fraction of sp³-hybridized carbons (Fsp3) is 0.300. The summed E-state index contributed by atoms with van der Waals surface area (Å²) in [6.07, 6.45) is 0. The van der Waals surface area contributed by atoms with Crippen LogP contribution in [0.4, 0.5) is 0 Å². The van der Waals surface area contributed by atoms with Gasteiger partial charge in [-0.25, -0.2) is 0 Å². The second-order valence-corrected chi connectivity index (χ2v) is 11.2. The molecule has 4 rings (SSSR count). The minimum atomic E-state index is -3.37. The summed E-state index contributed by atoms with van der Waals surface area (Å²) in [7, 11) is 4.92. The van der Waals surface area contributed by atoms with E-state index in [4.69, 9.17) is 9.05 Å². The van der Waals surface area contributed by atoms with Crippen LogP contribution >= 0.6 is 7.51 Å². The molecule has 2 aromatic carbocycles. The maximum absolute atomic E-state index is 6.90. The molecule has 0 unspecified atom stereocenters. The molecule has 0 amide bonds. The van der Waals surface area contributed by atoms with Crippen LogP contribution in [0.1, 0.15) is 11.1 Å². The van der Waals surface area contributed by atoms with Crippen LogP contribution in [0.3, 0.4) is 0 Å². The molecule has 1 spiro atoms. The van der Waals surface area contributed by atoms with E-state index in [0.29, 0.717) is 0 Å². The van der Waals surface area contributed by atoms with E-state index >= 15 is 0 Å². The minimum absolute atomic E-state index is 0.809. The van der Waals surface area contributed by atoms with E-state index in [1.54, 1.807) is 0 Å². The van der Waals surface area contributed by atoms with Gasteiger partial charge in [0, 0.05) is 0 Å². The van der Waals surface area contributed by atoms with E-state index in [1.165, 1.54) is 0 Å². The molecule has 26 heavy (non-hydrogen) atoms. The van der Waals surface area contributed by atoms with E-state index in [2.05, 4.69) is 52.4 Å². The zero-order chi connectivity index (χ0) is 18.4. The molecule has 2 aliphatic rings. The Morgan fingerprint density at radius 1 is 0.731 bits per heavy atom. The quantitative estimate of drug-likeness (QED) is 0.757. The van der Waals surface area contributed by atoms with Gasteiger partial charge in [-0.2, -0.15) is 0 Å². The van der Waals surface area contributed by atoms with Gasteiger partial charge < -0.3 is 0 Å². The predicted molar refractivity (Wildman–Crippen MR) is 108 cm³/mol. The van der Waals surface area contributed by atoms with Gasteiger partial charge in [-0.05, 0) is 0 Å². The number of rotatable bonds is 3. The van der Waals surface area contributed by atoms with Crippen molar-refractivity contribution in [2.24, 2.45) is 0 Å². The fourth-order valence-electron chi connectivity index (χ4n) is 3.91. The average Bonchev–Trinajstić information content (AvgIpc) is 3.18. The average molecular weight is 371 g/mol. The van der Waals surface area contributed by atoms with Crippen molar-refractivity contribution in [1.29, 1.82) is 0 Å². The van der Waals surface area contributed by atoms with Gasteiger partial charge >= 0.3 is 155 Å². The van der Waals surface area contributed by atoms with Gasteiger partial charge in [0.1, 0.15) is 0 Å². The molecule has 0 bridgehead atoms. The number of hydrogen-bond donors (Lipinski definition) is 0. The summed E-state index contributed by atoms with van der Waals surface area (Å²) in [5.74, 6) is 1.62. The molecule has 2 aromatic rings. The summed E-state index contributed by atoms with van der Waals surface area (Å²) in [5.41, 5.74) is 2.06. The number of benzene rings is 2. The summed E-state index contributed by atoms with van der Waals surface area (Å²) in [6.45, 7) is 1.80. The van der Waals surface area contributed by atoms with Crippen molar-refractivity contribution in [3.05, 3.63) is 71.8 Å². The molecule has 0 saturated carbocycles. The molecule has 0 radical (unpaired) electrons. The molecular weight excluding hydrogens is 345 g/mol. The molecule has 5 nitrogen and oxygen atoms in total. The summed E-state index contributed by atoms with van der Waals surface area (Å²) >= 11 is 0. The molecule has 2 aliphatic heterocycles. The molecule has 0 aliphatic carbocycles. The van der Waals surface area contributed by atoms with Crippen molar-refractivity contribution < 1.29 is 9.05 Å². The van der Waals surface area contributed by atoms with Crippen LogP contribution in [-0.4, -0.2) is 55.3 Å². The first-order valence-electron chi connectivity index (χ1n) is 8.87. The first kappa shape index (κ1) is 17.5. The van der Waals surface area contributed by atoms with E-state index < -0.39 is 7.51 Å². The molecule has 6 heteroatoms. The second kappa shape index (κ2) is 6.07. The number of likely N-dealkylation sites (N-methyl/N-ethyl adjacent to an activating group) is 2. The van der Waals surface area contributed by atoms with Crippen molar-refractivity contribution in [2.75, 3.05) is 41.3 Å². The van der Waals surface area contributed by atoms with Gasteiger partial charge in [-0.15, -0.1) is 0 Å². The monoisotopic (exact) mass is 371 g/mol. The topological polar surface area (TPSA) is 28.2 Å². The molecule has 0 atom stereocenters. The number of nitrogens with zero attached hydrogens (tertiary/aromatic N) is 3. The molecule has 1 saturated heterocycles. The van der Waals surface area contributed by atoms with Crippen molar-refractivity contribution in [3.63, 3.8) is 0 Å². The Hall–Kier alpha value is -1.91. The van der Waals surface area contributed by atoms with Gasteiger partial charge in [0.15, 0.2) is 0 Å². The van der Waals surface area contributed by atoms with Crippen LogP contribution in [-0.2, 0) is 9.05 Å². The number of hydrogen-bond acceptors (Lipinski definition) is 5. The Morgan fingerprint density at radius 2 is 1.12 bits per heavy atom. The third-order valence-corrected chi connectivity index (χ3v) is 10.5. The van der Waals surface area contributed by atoms with Crippen LogP contribution in [0.15, 0.2) is 60.7 Å². The van der Waals surface area contributed by atoms with Gasteiger partial charge in [-0.3, -0.25) is 0 Å². The Kier molecular flexibility index (Phi) is 4.08. The van der Waals surface area contributed by atoms with Crippen LogP contribution in [0, 0.1) is 0 Å². The molecular formula is C20H26N3O2P. The Balaban J connectivity index is 1.94. The second-order valence-electron chi connectivity index (χ2n) is 7.02. The van der Waals surface area contributed by atoms with Gasteiger partial charge in [0.2, 0.25) is 0 Å². The Morgan fingerprint density at radius 3 is 1.46 bits per heavy atom. The summed E-state index contributed by atoms with van der Waals surface area (Å²) < 4.78 is 20.4. The van der Waals surface area contributed by atoms with Crippen molar-refractivity contribution in [2.45, 2.75) is 0 Å². The molecule has 138 valence electrons. The zero-order valence-corrected chi connectivity index (χ0v) is 16.7. The Labute approximate surface area is 155 Å². The summed E-state index contributed by atoms with van der Waals surface area (Å²) in [4.78, 5) is 0. The molecule has 2 heterocycles. The zero-order valence-electron chi connectivity index (χ0n) is 15.8. The SMILES string of the molecule is CN(C)P12(OC(c3ccccc3)=C(c3ccccc3)O1)N(C)CCN2C. The molecule has 0 aromatic heterocycles. The standard InChI is InChI=1S/C20H26N3O2P/c1-21(2)26(22(3)15-16-23(26)4)24-19(17-11-7-5-8-12-17)20(25-26)18-13-9-6-10-14-18/h5-14H,15-16H2,1-4H3. The molecule has 1 fully saturated rings. The van der Waals surface area contributed by atoms with Gasteiger partial charge in [-0.1, -0.05) is 0 Å². The fourth-order valence-corrected chi connectivity index (χ4v) is 8.46. The first-order valence-corrected chi connectivity index (χ1v) is 10.8. The van der Waals surface area contributed by atoms with E-state index in [0.717, 1.165) is 35.7 Å². The predicted octanol–water partition coefficient (Wildman–Crippen LogP) is 4.13. The first-order chi connectivity index (χ1) is 12.5. The van der Waals surface area contributed by atoms with E-state index in [9.17, 15) is 0 Å².